The first-order chi connectivity index (χ1) is 6.77. The summed E-state index contributed by atoms with van der Waals surface area (Å²) in [5, 5.41) is 0. The molecule has 1 N–H and O–H groups in total. The Balaban J connectivity index is 4.21. The maximum absolute atomic E-state index is 11.1. The molecule has 0 aromatic carbocycles. The number of carbonyl (C=O) groups excluding carboxylic acids is 1. The molecule has 0 heterocycles. The number of esters is 1. The highest BCUT2D eigenvalue weighted by molar-refractivity contribution is 7.86. The third-order valence-electron chi connectivity index (χ3n) is 1.50. The van der Waals surface area contributed by atoms with Crippen LogP contribution in [-0.4, -0.2) is 49.9 Å². The van der Waals surface area contributed by atoms with Crippen molar-refractivity contribution in [1.29, 1.82) is 0 Å². The van der Waals surface area contributed by atoms with Gasteiger partial charge in [0.25, 0.3) is 0 Å². The van der Waals surface area contributed by atoms with Crippen LogP contribution >= 0.6 is 0 Å². The van der Waals surface area contributed by atoms with Crippen LogP contribution in [0.4, 0.5) is 0 Å². The number of ether oxygens (including phenoxy) is 1. The summed E-state index contributed by atoms with van der Waals surface area (Å²) in [6.07, 6.45) is 0.899. The van der Waals surface area contributed by atoms with Gasteiger partial charge in [-0.2, -0.15) is 8.42 Å². The average Bonchev–Trinajstić information content (AvgIpc) is 2.08. The summed E-state index contributed by atoms with van der Waals surface area (Å²) in [6.45, 7) is 3.59. The molecule has 6 nitrogen and oxygen atoms in total. The van der Waals surface area contributed by atoms with Crippen molar-refractivity contribution >= 4 is 16.1 Å². The first kappa shape index (κ1) is 14.1. The zero-order chi connectivity index (χ0) is 12.1. The van der Waals surface area contributed by atoms with E-state index in [-0.39, 0.29) is 6.42 Å². The van der Waals surface area contributed by atoms with E-state index in [4.69, 9.17) is 4.55 Å². The first-order valence-corrected chi connectivity index (χ1v) is 5.70. The molecule has 0 aromatic heterocycles. The summed E-state index contributed by atoms with van der Waals surface area (Å²) in [7, 11) is -0.893. The largest absolute Gasteiger partial charge is 0.439 e. The van der Waals surface area contributed by atoms with Gasteiger partial charge in [0.1, 0.15) is 0 Å². The number of rotatable bonds is 6. The summed E-state index contributed by atoms with van der Waals surface area (Å²) < 4.78 is 34.4. The Morgan fingerprint density at radius 3 is 2.47 bits per heavy atom. The van der Waals surface area contributed by atoms with Crippen LogP contribution in [0.2, 0.25) is 0 Å². The lowest BCUT2D eigenvalue weighted by Crippen LogP contribution is -2.26. The molecular formula is C8H15NO5S. The molecule has 0 fully saturated rings. The van der Waals surface area contributed by atoms with Gasteiger partial charge in [-0.25, -0.2) is 0 Å². The van der Waals surface area contributed by atoms with Gasteiger partial charge in [0.05, 0.1) is 6.42 Å². The lowest BCUT2D eigenvalue weighted by Gasteiger charge is -2.12. The van der Waals surface area contributed by atoms with E-state index in [0.29, 0.717) is 6.54 Å². The number of carbonyl (C=O) groups is 1. The first-order valence-electron chi connectivity index (χ1n) is 4.20. The Hall–Kier alpha value is -0.920. The van der Waals surface area contributed by atoms with Crippen molar-refractivity contribution in [2.45, 2.75) is 11.9 Å². The second-order valence-electron chi connectivity index (χ2n) is 3.16. The molecule has 0 amide bonds. The van der Waals surface area contributed by atoms with E-state index in [0.717, 1.165) is 6.08 Å². The van der Waals surface area contributed by atoms with Crippen molar-refractivity contribution < 1.29 is 22.5 Å². The van der Waals surface area contributed by atoms with Crippen LogP contribution in [-0.2, 0) is 19.6 Å². The third-order valence-corrected chi connectivity index (χ3v) is 2.37. The van der Waals surface area contributed by atoms with Crippen molar-refractivity contribution in [3.8, 4) is 0 Å². The molecule has 0 aliphatic carbocycles. The zero-order valence-corrected chi connectivity index (χ0v) is 9.53. The van der Waals surface area contributed by atoms with Crippen LogP contribution in [0.1, 0.15) is 6.42 Å². The Bertz CT molecular complexity index is 322. The minimum atomic E-state index is -4.42. The van der Waals surface area contributed by atoms with Gasteiger partial charge in [-0.05, 0) is 20.2 Å². The highest BCUT2D eigenvalue weighted by Gasteiger charge is 2.23. The minimum Gasteiger partial charge on any atom is -0.439 e. The second kappa shape index (κ2) is 5.84. The van der Waals surface area contributed by atoms with E-state index >= 15 is 0 Å². The van der Waals surface area contributed by atoms with Gasteiger partial charge in [-0.3, -0.25) is 9.35 Å². The fourth-order valence-electron chi connectivity index (χ4n) is 0.734. The molecule has 0 aromatic rings. The molecule has 0 spiro atoms. The molecule has 1 atom stereocenters. The van der Waals surface area contributed by atoms with Crippen LogP contribution in [0.5, 0.6) is 0 Å². The number of hydrogen-bond acceptors (Lipinski definition) is 5. The van der Waals surface area contributed by atoms with Gasteiger partial charge in [0.2, 0.25) is 5.44 Å². The molecule has 15 heavy (non-hydrogen) atoms. The topological polar surface area (TPSA) is 83.9 Å². The van der Waals surface area contributed by atoms with Crippen LogP contribution < -0.4 is 0 Å². The highest BCUT2D eigenvalue weighted by Crippen LogP contribution is 2.04. The average molecular weight is 237 g/mol. The standard InChI is InChI=1S/C8H15NO5S/c1-4-8(15(11,12)13)14-7(10)5-6-9(2)3/h4,8H,1,5-6H2,2-3H3,(H,11,12,13). The van der Waals surface area contributed by atoms with Gasteiger partial charge in [0.15, 0.2) is 0 Å². The molecule has 0 rings (SSSR count). The van der Waals surface area contributed by atoms with Gasteiger partial charge in [-0.1, -0.05) is 6.58 Å². The Kier molecular flexibility index (Phi) is 5.48. The Morgan fingerprint density at radius 2 is 2.13 bits per heavy atom. The maximum Gasteiger partial charge on any atom is 0.308 e. The van der Waals surface area contributed by atoms with E-state index in [9.17, 15) is 13.2 Å². The number of nitrogens with zero attached hydrogens (tertiary/aromatic N) is 1. The third kappa shape index (κ3) is 6.21. The summed E-state index contributed by atoms with van der Waals surface area (Å²) >= 11 is 0. The molecule has 0 saturated carbocycles. The van der Waals surface area contributed by atoms with Crippen LogP contribution in [0.25, 0.3) is 0 Å². The van der Waals surface area contributed by atoms with E-state index in [1.807, 2.05) is 0 Å². The fourth-order valence-corrected chi connectivity index (χ4v) is 1.21. The van der Waals surface area contributed by atoms with Crippen LogP contribution in [0.3, 0.4) is 0 Å². The molecule has 0 radical (unpaired) electrons. The second-order valence-corrected chi connectivity index (χ2v) is 4.66. The quantitative estimate of drug-likeness (QED) is 0.394. The predicted molar refractivity (Wildman–Crippen MR) is 54.8 cm³/mol. The Morgan fingerprint density at radius 1 is 1.60 bits per heavy atom. The van der Waals surface area contributed by atoms with Gasteiger partial charge in [0, 0.05) is 6.54 Å². The van der Waals surface area contributed by atoms with E-state index < -0.39 is 21.5 Å². The fraction of sp³-hybridized carbons (Fsp3) is 0.625. The molecule has 0 bridgehead atoms. The summed E-state index contributed by atoms with van der Waals surface area (Å²) in [4.78, 5) is 12.8. The Labute approximate surface area is 89.3 Å². The van der Waals surface area contributed by atoms with Crippen molar-refractivity contribution in [3.05, 3.63) is 12.7 Å². The van der Waals surface area contributed by atoms with Gasteiger partial charge < -0.3 is 9.64 Å². The van der Waals surface area contributed by atoms with E-state index in [1.165, 1.54) is 0 Å². The van der Waals surface area contributed by atoms with Crippen molar-refractivity contribution in [2.24, 2.45) is 0 Å². The molecule has 0 saturated heterocycles. The van der Waals surface area contributed by atoms with Crippen LogP contribution in [0, 0.1) is 0 Å². The summed E-state index contributed by atoms with van der Waals surface area (Å²) in [5.74, 6) is -0.703. The minimum absolute atomic E-state index is 0.0485. The van der Waals surface area contributed by atoms with E-state index in [1.54, 1.807) is 19.0 Å². The summed E-state index contributed by atoms with van der Waals surface area (Å²) in [6, 6.07) is 0. The van der Waals surface area contributed by atoms with Gasteiger partial charge in [-0.15, -0.1) is 0 Å². The summed E-state index contributed by atoms with van der Waals surface area (Å²) in [5.41, 5.74) is -1.69. The van der Waals surface area contributed by atoms with Crippen LogP contribution in [0.15, 0.2) is 12.7 Å². The smallest absolute Gasteiger partial charge is 0.308 e. The molecule has 88 valence electrons. The normalized spacial score (nSPS) is 13.6. The van der Waals surface area contributed by atoms with Crippen molar-refractivity contribution in [1.82, 2.24) is 4.90 Å². The molecule has 7 heteroatoms. The van der Waals surface area contributed by atoms with Gasteiger partial charge >= 0.3 is 16.1 Å². The zero-order valence-electron chi connectivity index (χ0n) is 8.71. The van der Waals surface area contributed by atoms with Crippen molar-refractivity contribution in [3.63, 3.8) is 0 Å². The molecule has 1 unspecified atom stereocenters. The lowest BCUT2D eigenvalue weighted by molar-refractivity contribution is -0.144. The lowest BCUT2D eigenvalue weighted by atomic mass is 10.4. The maximum atomic E-state index is 11.1. The van der Waals surface area contributed by atoms with Crippen molar-refractivity contribution in [2.75, 3.05) is 20.6 Å². The monoisotopic (exact) mass is 237 g/mol. The van der Waals surface area contributed by atoms with E-state index in [2.05, 4.69) is 11.3 Å². The molecule has 0 aliphatic rings. The predicted octanol–water partition coefficient (Wildman–Crippen LogP) is -0.119. The molecular weight excluding hydrogens is 222 g/mol. The SMILES string of the molecule is C=CC(OC(=O)CCN(C)C)S(=O)(=O)O. The molecule has 0 aliphatic heterocycles. The number of hydrogen-bond donors (Lipinski definition) is 1. The highest BCUT2D eigenvalue weighted by atomic mass is 32.2.